The van der Waals surface area contributed by atoms with Crippen molar-refractivity contribution in [3.63, 3.8) is 0 Å². The molecule has 3 rings (SSSR count). The van der Waals surface area contributed by atoms with Gasteiger partial charge >= 0.3 is 5.97 Å². The van der Waals surface area contributed by atoms with Crippen LogP contribution >= 0.6 is 34.5 Å². The SMILES string of the molecule is CCCCCCOCCc1cccc(-c2csc(NC(=O)c3cc(Cl)c(/C=C(\C)C(=O)O)c(Cl)c3)n2)c1OC. The number of aromatic nitrogens is 1. The van der Waals surface area contributed by atoms with Crippen LogP contribution in [-0.4, -0.2) is 42.3 Å². The van der Waals surface area contributed by atoms with Gasteiger partial charge in [0.05, 0.1) is 29.5 Å². The van der Waals surface area contributed by atoms with Crippen molar-refractivity contribution in [1.29, 1.82) is 0 Å². The fourth-order valence-corrected chi connectivity index (χ4v) is 5.20. The summed E-state index contributed by atoms with van der Waals surface area (Å²) >= 11 is 13.9. The molecule has 208 valence electrons. The fourth-order valence-electron chi connectivity index (χ4n) is 3.90. The molecule has 0 spiro atoms. The van der Waals surface area contributed by atoms with Gasteiger partial charge in [0.15, 0.2) is 5.13 Å². The van der Waals surface area contributed by atoms with Crippen LogP contribution in [0.1, 0.15) is 61.0 Å². The minimum absolute atomic E-state index is 0.0701. The van der Waals surface area contributed by atoms with E-state index in [9.17, 15) is 9.59 Å². The van der Waals surface area contributed by atoms with Crippen LogP contribution in [0.4, 0.5) is 5.13 Å². The summed E-state index contributed by atoms with van der Waals surface area (Å²) in [6, 6.07) is 8.78. The van der Waals surface area contributed by atoms with Crippen molar-refractivity contribution in [3.8, 4) is 17.0 Å². The number of methoxy groups -OCH3 is 1. The minimum atomic E-state index is -1.09. The first kappa shape index (κ1) is 30.6. The summed E-state index contributed by atoms with van der Waals surface area (Å²) in [5.74, 6) is -0.798. The smallest absolute Gasteiger partial charge is 0.331 e. The Balaban J connectivity index is 1.70. The van der Waals surface area contributed by atoms with Gasteiger partial charge in [0.2, 0.25) is 0 Å². The second-order valence-corrected chi connectivity index (χ2v) is 10.6. The zero-order valence-electron chi connectivity index (χ0n) is 22.2. The number of carbonyl (C=O) groups excluding carboxylic acids is 1. The largest absolute Gasteiger partial charge is 0.496 e. The molecule has 0 atom stereocenters. The first-order valence-electron chi connectivity index (χ1n) is 12.7. The van der Waals surface area contributed by atoms with Crippen LogP contribution in [0.3, 0.4) is 0 Å². The summed E-state index contributed by atoms with van der Waals surface area (Å²) in [6.07, 6.45) is 6.78. The highest BCUT2D eigenvalue weighted by molar-refractivity contribution is 7.14. The molecule has 0 aliphatic rings. The van der Waals surface area contributed by atoms with E-state index in [1.165, 1.54) is 55.7 Å². The number of thiazole rings is 1. The molecule has 1 aromatic heterocycles. The van der Waals surface area contributed by atoms with Crippen LogP contribution in [-0.2, 0) is 16.0 Å². The van der Waals surface area contributed by atoms with Gasteiger partial charge in [0.1, 0.15) is 5.75 Å². The number of carbonyl (C=O) groups is 2. The first-order chi connectivity index (χ1) is 18.7. The number of carboxylic acids is 1. The third-order valence-corrected chi connectivity index (χ3v) is 7.38. The summed E-state index contributed by atoms with van der Waals surface area (Å²) in [7, 11) is 1.63. The highest BCUT2D eigenvalue weighted by Crippen LogP contribution is 2.35. The third-order valence-electron chi connectivity index (χ3n) is 6.00. The second-order valence-electron chi connectivity index (χ2n) is 8.90. The number of unbranched alkanes of at least 4 members (excludes halogenated alkanes) is 3. The van der Waals surface area contributed by atoms with Crippen molar-refractivity contribution in [2.45, 2.75) is 46.0 Å². The number of nitrogens with zero attached hydrogens (tertiary/aromatic N) is 1. The van der Waals surface area contributed by atoms with Crippen LogP contribution in [0.15, 0.2) is 41.3 Å². The number of nitrogens with one attached hydrogen (secondary N) is 1. The molecular weight excluding hydrogens is 559 g/mol. The Morgan fingerprint density at radius 3 is 2.54 bits per heavy atom. The number of halogens is 2. The molecule has 1 heterocycles. The maximum atomic E-state index is 12.9. The lowest BCUT2D eigenvalue weighted by molar-refractivity contribution is -0.132. The van der Waals surface area contributed by atoms with E-state index in [1.54, 1.807) is 7.11 Å². The Morgan fingerprint density at radius 1 is 1.13 bits per heavy atom. The van der Waals surface area contributed by atoms with Gasteiger partial charge in [0.25, 0.3) is 5.91 Å². The Morgan fingerprint density at radius 2 is 1.87 bits per heavy atom. The van der Waals surface area contributed by atoms with E-state index in [0.717, 1.165) is 36.3 Å². The van der Waals surface area contributed by atoms with Crippen molar-refractivity contribution < 1.29 is 24.2 Å². The standard InChI is InChI=1S/C29H32Cl2N2O5S/c1-4-5-6-7-12-38-13-11-19-9-8-10-21(26(19)37-3)25-17-39-29(32-25)33-27(34)20-15-23(30)22(24(31)16-20)14-18(2)28(35)36/h8-10,14-17H,4-7,11-13H2,1-3H3,(H,35,36)(H,32,33,34)/b18-14+. The lowest BCUT2D eigenvalue weighted by Crippen LogP contribution is -2.12. The van der Waals surface area contributed by atoms with Gasteiger partial charge in [0, 0.05) is 34.3 Å². The van der Waals surface area contributed by atoms with Gasteiger partial charge in [-0.1, -0.05) is 61.5 Å². The number of benzene rings is 2. The van der Waals surface area contributed by atoms with Gasteiger partial charge in [-0.05, 0) is 49.6 Å². The van der Waals surface area contributed by atoms with E-state index in [4.69, 9.17) is 37.8 Å². The number of hydrogen-bond acceptors (Lipinski definition) is 6. The molecule has 3 aromatic rings. The first-order valence-corrected chi connectivity index (χ1v) is 14.3. The summed E-state index contributed by atoms with van der Waals surface area (Å²) in [5.41, 5.74) is 3.15. The van der Waals surface area contributed by atoms with Gasteiger partial charge in [-0.2, -0.15) is 0 Å². The highest BCUT2D eigenvalue weighted by Gasteiger charge is 2.17. The van der Waals surface area contributed by atoms with Crippen molar-refractivity contribution in [2.75, 3.05) is 25.6 Å². The van der Waals surface area contributed by atoms with E-state index in [2.05, 4.69) is 17.2 Å². The van der Waals surface area contributed by atoms with Gasteiger partial charge < -0.3 is 14.6 Å². The molecule has 0 fully saturated rings. The molecule has 0 aliphatic carbocycles. The summed E-state index contributed by atoms with van der Waals surface area (Å²) in [5, 5.41) is 14.5. The van der Waals surface area contributed by atoms with Gasteiger partial charge in [-0.3, -0.25) is 10.1 Å². The Kier molecular flexibility index (Phi) is 11.8. The van der Waals surface area contributed by atoms with Crippen LogP contribution < -0.4 is 10.1 Å². The topological polar surface area (TPSA) is 97.8 Å². The van der Waals surface area contributed by atoms with E-state index in [1.807, 2.05) is 23.6 Å². The normalized spacial score (nSPS) is 11.5. The fraction of sp³-hybridized carbons (Fsp3) is 0.345. The molecule has 10 heteroatoms. The maximum Gasteiger partial charge on any atom is 0.331 e. The van der Waals surface area contributed by atoms with Crippen LogP contribution in [0.2, 0.25) is 10.0 Å². The number of aliphatic carboxylic acids is 1. The van der Waals surface area contributed by atoms with E-state index < -0.39 is 11.9 Å². The molecule has 1 amide bonds. The number of ether oxygens (including phenoxy) is 2. The number of para-hydroxylation sites is 1. The van der Waals surface area contributed by atoms with Gasteiger partial charge in [-0.15, -0.1) is 11.3 Å². The lowest BCUT2D eigenvalue weighted by atomic mass is 10.0. The quantitative estimate of drug-likeness (QED) is 0.146. The number of amides is 1. The monoisotopic (exact) mass is 590 g/mol. The van der Waals surface area contributed by atoms with Crippen molar-refractivity contribution >= 4 is 57.6 Å². The predicted octanol–water partition coefficient (Wildman–Crippen LogP) is 8.01. The van der Waals surface area contributed by atoms with E-state index in [0.29, 0.717) is 23.0 Å². The van der Waals surface area contributed by atoms with E-state index in [-0.39, 0.29) is 21.2 Å². The number of carboxylic acid groups (broad SMARTS) is 1. The molecule has 0 saturated carbocycles. The number of anilines is 1. The Hall–Kier alpha value is -2.91. The van der Waals surface area contributed by atoms with Crippen LogP contribution in [0, 0.1) is 0 Å². The average molecular weight is 592 g/mol. The van der Waals surface area contributed by atoms with Crippen molar-refractivity contribution in [2.24, 2.45) is 0 Å². The molecule has 0 bridgehead atoms. The summed E-state index contributed by atoms with van der Waals surface area (Å²) in [6.45, 7) is 4.99. The lowest BCUT2D eigenvalue weighted by Gasteiger charge is -2.13. The molecule has 39 heavy (non-hydrogen) atoms. The third kappa shape index (κ3) is 8.54. The van der Waals surface area contributed by atoms with Gasteiger partial charge in [-0.25, -0.2) is 9.78 Å². The summed E-state index contributed by atoms with van der Waals surface area (Å²) < 4.78 is 11.5. The molecule has 0 unspecified atom stereocenters. The van der Waals surface area contributed by atoms with Crippen molar-refractivity contribution in [1.82, 2.24) is 4.98 Å². The molecule has 0 radical (unpaired) electrons. The highest BCUT2D eigenvalue weighted by atomic mass is 35.5. The Labute approximate surface area is 242 Å². The molecular formula is C29H32Cl2N2O5S. The average Bonchev–Trinajstić information content (AvgIpc) is 3.37. The predicted molar refractivity (Wildman–Crippen MR) is 158 cm³/mol. The Bertz CT molecular complexity index is 1320. The van der Waals surface area contributed by atoms with Crippen LogP contribution in [0.25, 0.3) is 17.3 Å². The number of hydrogen-bond donors (Lipinski definition) is 2. The molecule has 2 aromatic carbocycles. The molecule has 2 N–H and O–H groups in total. The van der Waals surface area contributed by atoms with Crippen LogP contribution in [0.5, 0.6) is 5.75 Å². The molecule has 7 nitrogen and oxygen atoms in total. The number of rotatable bonds is 14. The molecule has 0 aliphatic heterocycles. The zero-order chi connectivity index (χ0) is 28.4. The second kappa shape index (κ2) is 15.0. The minimum Gasteiger partial charge on any atom is -0.496 e. The maximum absolute atomic E-state index is 12.9. The summed E-state index contributed by atoms with van der Waals surface area (Å²) in [4.78, 5) is 28.6. The van der Waals surface area contributed by atoms with E-state index >= 15 is 0 Å². The molecule has 0 saturated heterocycles. The van der Waals surface area contributed by atoms with Crippen molar-refractivity contribution in [3.05, 3.63) is 68.0 Å². The zero-order valence-corrected chi connectivity index (χ0v) is 24.5.